The summed E-state index contributed by atoms with van der Waals surface area (Å²) < 4.78 is 0. The molecule has 0 saturated carbocycles. The predicted molar refractivity (Wildman–Crippen MR) is 101 cm³/mol. The highest BCUT2D eigenvalue weighted by Crippen LogP contribution is 2.20. The Morgan fingerprint density at radius 1 is 1.23 bits per heavy atom. The van der Waals surface area contributed by atoms with E-state index in [-0.39, 0.29) is 18.0 Å². The molecule has 0 aromatic heterocycles. The van der Waals surface area contributed by atoms with Gasteiger partial charge in [-0.15, -0.1) is 0 Å². The number of hydrogen-bond donors (Lipinski definition) is 2. The van der Waals surface area contributed by atoms with Crippen LogP contribution < -0.4 is 10.6 Å². The van der Waals surface area contributed by atoms with Gasteiger partial charge in [0.1, 0.15) is 0 Å². The van der Waals surface area contributed by atoms with Crippen LogP contribution in [-0.2, 0) is 9.59 Å². The van der Waals surface area contributed by atoms with E-state index < -0.39 is 11.7 Å². The number of rotatable bonds is 7. The lowest BCUT2D eigenvalue weighted by Crippen LogP contribution is -2.43. The first-order valence-corrected chi connectivity index (χ1v) is 9.00. The summed E-state index contributed by atoms with van der Waals surface area (Å²) in [6.07, 6.45) is 2.51. The molecule has 2 atom stereocenters. The van der Waals surface area contributed by atoms with Crippen molar-refractivity contribution < 1.29 is 14.4 Å². The van der Waals surface area contributed by atoms with Crippen LogP contribution in [-0.4, -0.2) is 54.2 Å². The number of Topliss-reactive ketones (excluding diaryl/α,β-unsaturated/α-hetero) is 1. The number of nitrogens with zero attached hydrogens (tertiary/aromatic N) is 1. The van der Waals surface area contributed by atoms with Gasteiger partial charge in [0.15, 0.2) is 0 Å². The van der Waals surface area contributed by atoms with Gasteiger partial charge in [-0.2, -0.15) is 0 Å². The molecule has 0 spiro atoms. The number of ketones is 1. The van der Waals surface area contributed by atoms with Gasteiger partial charge in [-0.25, -0.2) is 0 Å². The molecule has 0 aliphatic carbocycles. The fourth-order valence-electron chi connectivity index (χ4n) is 3.13. The number of carbonyl (C=O) groups is 3. The average Bonchev–Trinajstić information content (AvgIpc) is 3.04. The Bertz CT molecular complexity index is 685. The van der Waals surface area contributed by atoms with Crippen LogP contribution in [0.2, 0.25) is 0 Å². The molecule has 2 amide bonds. The second-order valence-corrected chi connectivity index (χ2v) is 6.58. The normalized spacial score (nSPS) is 20.7. The summed E-state index contributed by atoms with van der Waals surface area (Å²) in [5.41, 5.74) is 1.52. The molecule has 2 N–H and O–H groups in total. The maximum atomic E-state index is 12.4. The molecule has 1 aromatic rings. The third-order valence-corrected chi connectivity index (χ3v) is 4.58. The second-order valence-electron chi connectivity index (χ2n) is 6.58. The molecule has 0 radical (unpaired) electrons. The first kappa shape index (κ1) is 19.8. The molecule has 1 aliphatic rings. The lowest BCUT2D eigenvalue weighted by Gasteiger charge is -2.23. The Morgan fingerprint density at radius 3 is 2.54 bits per heavy atom. The summed E-state index contributed by atoms with van der Waals surface area (Å²) in [6, 6.07) is 7.95. The summed E-state index contributed by atoms with van der Waals surface area (Å²) >= 11 is 0. The molecule has 2 rings (SSSR count). The van der Waals surface area contributed by atoms with Crippen LogP contribution in [0.1, 0.15) is 37.6 Å². The SMILES string of the molecule is CC=C(C)CN1C[C@H](NC(=O)C(=O)c2ccccc2)C[C@H]1C(=O)NCC. The van der Waals surface area contributed by atoms with Crippen molar-refractivity contribution >= 4 is 17.6 Å². The highest BCUT2D eigenvalue weighted by molar-refractivity contribution is 6.42. The minimum atomic E-state index is -0.625. The first-order chi connectivity index (χ1) is 12.5. The Morgan fingerprint density at radius 2 is 1.92 bits per heavy atom. The van der Waals surface area contributed by atoms with Crippen LogP contribution in [0, 0.1) is 0 Å². The molecule has 0 bridgehead atoms. The van der Waals surface area contributed by atoms with E-state index in [1.165, 1.54) is 0 Å². The number of amides is 2. The van der Waals surface area contributed by atoms with E-state index in [2.05, 4.69) is 15.5 Å². The van der Waals surface area contributed by atoms with Gasteiger partial charge < -0.3 is 10.6 Å². The first-order valence-electron chi connectivity index (χ1n) is 9.00. The van der Waals surface area contributed by atoms with E-state index in [1.807, 2.05) is 26.8 Å². The summed E-state index contributed by atoms with van der Waals surface area (Å²) in [6.45, 7) is 7.63. The zero-order valence-corrected chi connectivity index (χ0v) is 15.6. The molecule has 0 unspecified atom stereocenters. The molecule has 140 valence electrons. The number of carbonyl (C=O) groups excluding carboxylic acids is 3. The van der Waals surface area contributed by atoms with E-state index in [0.29, 0.717) is 31.6 Å². The Hall–Kier alpha value is -2.47. The number of likely N-dealkylation sites (N-methyl/N-ethyl adjacent to an activating group) is 1. The molecule has 26 heavy (non-hydrogen) atoms. The molecule has 1 aliphatic heterocycles. The van der Waals surface area contributed by atoms with Gasteiger partial charge in [-0.3, -0.25) is 19.3 Å². The summed E-state index contributed by atoms with van der Waals surface area (Å²) in [5, 5.41) is 5.65. The fraction of sp³-hybridized carbons (Fsp3) is 0.450. The van der Waals surface area contributed by atoms with Crippen LogP contribution in [0.3, 0.4) is 0 Å². The van der Waals surface area contributed by atoms with Crippen LogP contribution in [0.15, 0.2) is 42.0 Å². The minimum absolute atomic E-state index is 0.0393. The quantitative estimate of drug-likeness (QED) is 0.441. The summed E-state index contributed by atoms with van der Waals surface area (Å²) in [4.78, 5) is 39.0. The smallest absolute Gasteiger partial charge is 0.292 e. The Balaban J connectivity index is 2.04. The number of likely N-dealkylation sites (tertiary alicyclic amines) is 1. The van der Waals surface area contributed by atoms with Gasteiger partial charge in [0.2, 0.25) is 11.7 Å². The van der Waals surface area contributed by atoms with Crippen LogP contribution in [0.5, 0.6) is 0 Å². The molecule has 1 saturated heterocycles. The highest BCUT2D eigenvalue weighted by atomic mass is 16.2. The van der Waals surface area contributed by atoms with Crippen molar-refractivity contribution in [1.29, 1.82) is 0 Å². The molecule has 1 aromatic carbocycles. The maximum Gasteiger partial charge on any atom is 0.292 e. The van der Waals surface area contributed by atoms with Gasteiger partial charge in [-0.1, -0.05) is 42.0 Å². The Labute approximate surface area is 154 Å². The predicted octanol–water partition coefficient (Wildman–Crippen LogP) is 1.53. The van der Waals surface area contributed by atoms with Crippen LogP contribution in [0.25, 0.3) is 0 Å². The van der Waals surface area contributed by atoms with Gasteiger partial charge in [0.05, 0.1) is 6.04 Å². The number of nitrogens with one attached hydrogen (secondary N) is 2. The highest BCUT2D eigenvalue weighted by Gasteiger charge is 2.37. The van der Waals surface area contributed by atoms with Crippen molar-refractivity contribution in [1.82, 2.24) is 15.5 Å². The van der Waals surface area contributed by atoms with Gasteiger partial charge >= 0.3 is 0 Å². The molecule has 6 nitrogen and oxygen atoms in total. The molecular weight excluding hydrogens is 330 g/mol. The monoisotopic (exact) mass is 357 g/mol. The molecule has 1 heterocycles. The van der Waals surface area contributed by atoms with E-state index >= 15 is 0 Å². The molecule has 1 fully saturated rings. The van der Waals surface area contributed by atoms with E-state index in [9.17, 15) is 14.4 Å². The number of hydrogen-bond acceptors (Lipinski definition) is 4. The van der Waals surface area contributed by atoms with Crippen molar-refractivity contribution in [3.63, 3.8) is 0 Å². The van der Waals surface area contributed by atoms with Crippen LogP contribution >= 0.6 is 0 Å². The number of benzene rings is 1. The van der Waals surface area contributed by atoms with Gasteiger partial charge in [0, 0.05) is 31.2 Å². The average molecular weight is 357 g/mol. The summed E-state index contributed by atoms with van der Waals surface area (Å²) in [7, 11) is 0. The van der Waals surface area contributed by atoms with Gasteiger partial charge in [0.25, 0.3) is 5.91 Å². The maximum absolute atomic E-state index is 12.4. The number of allylic oxidation sites excluding steroid dienone is 1. The lowest BCUT2D eigenvalue weighted by atomic mass is 10.1. The Kier molecular flexibility index (Phi) is 7.09. The standard InChI is InChI=1S/C20H27N3O3/c1-4-14(3)12-23-13-16(11-17(23)19(25)21-5-2)22-20(26)18(24)15-9-7-6-8-10-15/h4,6-10,16-17H,5,11-13H2,1-3H3,(H,21,25)(H,22,26)/t16-,17+/m1/s1. The van der Waals surface area contributed by atoms with E-state index in [0.717, 1.165) is 5.57 Å². The third kappa shape index (κ3) is 5.02. The lowest BCUT2D eigenvalue weighted by molar-refractivity contribution is -0.125. The zero-order chi connectivity index (χ0) is 19.1. The van der Waals surface area contributed by atoms with Crippen molar-refractivity contribution in [2.45, 2.75) is 39.3 Å². The van der Waals surface area contributed by atoms with Crippen molar-refractivity contribution in [3.8, 4) is 0 Å². The van der Waals surface area contributed by atoms with E-state index in [1.54, 1.807) is 30.3 Å². The molecule has 6 heteroatoms. The van der Waals surface area contributed by atoms with Crippen molar-refractivity contribution in [2.75, 3.05) is 19.6 Å². The summed E-state index contributed by atoms with van der Waals surface area (Å²) in [5.74, 6) is -1.22. The minimum Gasteiger partial charge on any atom is -0.355 e. The van der Waals surface area contributed by atoms with Crippen molar-refractivity contribution in [2.24, 2.45) is 0 Å². The molecular formula is C20H27N3O3. The zero-order valence-electron chi connectivity index (χ0n) is 15.6. The third-order valence-electron chi connectivity index (χ3n) is 4.58. The largest absolute Gasteiger partial charge is 0.355 e. The van der Waals surface area contributed by atoms with Gasteiger partial charge in [-0.05, 0) is 27.2 Å². The fourth-order valence-corrected chi connectivity index (χ4v) is 3.13. The van der Waals surface area contributed by atoms with E-state index in [4.69, 9.17) is 0 Å². The second kappa shape index (κ2) is 9.29. The van der Waals surface area contributed by atoms with Crippen molar-refractivity contribution in [3.05, 3.63) is 47.5 Å². The van der Waals surface area contributed by atoms with Crippen LogP contribution in [0.4, 0.5) is 0 Å². The topological polar surface area (TPSA) is 78.5 Å².